The third-order valence-electron chi connectivity index (χ3n) is 6.98. The Morgan fingerprint density at radius 1 is 1.25 bits per heavy atom. The highest BCUT2D eigenvalue weighted by atomic mass is 35.5. The molecular weight excluding hydrogens is 544 g/mol. The number of anilines is 2. The van der Waals surface area contributed by atoms with Gasteiger partial charge in [-0.25, -0.2) is 9.97 Å². The molecule has 8 nitrogen and oxygen atoms in total. The normalized spacial score (nSPS) is 13.4. The lowest BCUT2D eigenvalue weighted by molar-refractivity contribution is -0.126. The van der Waals surface area contributed by atoms with Gasteiger partial charge in [-0.2, -0.15) is 0 Å². The number of amides is 1. The first-order valence-electron chi connectivity index (χ1n) is 13.5. The lowest BCUT2D eigenvalue weighted by atomic mass is 10.0. The predicted molar refractivity (Wildman–Crippen MR) is 161 cm³/mol. The molecule has 1 aromatic carbocycles. The molecule has 4 heterocycles. The molecule has 4 aromatic rings. The van der Waals surface area contributed by atoms with E-state index in [1.54, 1.807) is 29.9 Å². The maximum atomic E-state index is 12.9. The number of carbonyl (C=O) groups is 1. The Hall–Kier alpha value is -3.53. The van der Waals surface area contributed by atoms with Gasteiger partial charge in [-0.3, -0.25) is 14.7 Å². The van der Waals surface area contributed by atoms with Gasteiger partial charge >= 0.3 is 0 Å². The molecule has 40 heavy (non-hydrogen) atoms. The highest BCUT2D eigenvalue weighted by Crippen LogP contribution is 2.38. The first-order valence-corrected chi connectivity index (χ1v) is 14.7. The van der Waals surface area contributed by atoms with E-state index in [1.165, 1.54) is 5.56 Å². The number of thiophene rings is 1. The maximum absolute atomic E-state index is 12.9. The van der Waals surface area contributed by atoms with Crippen molar-refractivity contribution >= 4 is 50.6 Å². The lowest BCUT2D eigenvalue weighted by Crippen LogP contribution is -2.34. The number of rotatable bonds is 10. The molecule has 0 atom stereocenters. The minimum absolute atomic E-state index is 0.0485. The number of hydrogen-bond acceptors (Lipinski definition) is 8. The van der Waals surface area contributed by atoms with Gasteiger partial charge in [0.15, 0.2) is 0 Å². The van der Waals surface area contributed by atoms with Crippen LogP contribution in [0.2, 0.25) is 5.02 Å². The van der Waals surface area contributed by atoms with E-state index in [-0.39, 0.29) is 5.91 Å². The summed E-state index contributed by atoms with van der Waals surface area (Å²) in [6, 6.07) is 11.7. The van der Waals surface area contributed by atoms with Crippen LogP contribution in [0.25, 0.3) is 10.2 Å². The Balaban J connectivity index is 1.28. The molecule has 0 fully saturated rings. The Morgan fingerprint density at radius 2 is 2.12 bits per heavy atom. The minimum Gasteiger partial charge on any atom is -0.486 e. The molecule has 1 aliphatic rings. The Bertz CT molecular complexity index is 1510. The Labute approximate surface area is 243 Å². The fraction of sp³-hybridized carbons (Fsp3) is 0.333. The molecular formula is C30H33ClN6O2S. The number of ether oxygens (including phenoxy) is 1. The Kier molecular flexibility index (Phi) is 8.94. The van der Waals surface area contributed by atoms with Gasteiger partial charge < -0.3 is 15.0 Å². The molecule has 1 N–H and O–H groups in total. The summed E-state index contributed by atoms with van der Waals surface area (Å²) in [6.45, 7) is 9.78. The molecule has 10 heteroatoms. The van der Waals surface area contributed by atoms with E-state index in [9.17, 15) is 4.79 Å². The minimum atomic E-state index is 0.0485. The first kappa shape index (κ1) is 28.0. The van der Waals surface area contributed by atoms with Crippen LogP contribution in [0.1, 0.15) is 36.9 Å². The van der Waals surface area contributed by atoms with Gasteiger partial charge in [0.25, 0.3) is 0 Å². The van der Waals surface area contributed by atoms with Crippen molar-refractivity contribution in [2.45, 2.75) is 46.4 Å². The summed E-state index contributed by atoms with van der Waals surface area (Å²) in [4.78, 5) is 32.6. The van der Waals surface area contributed by atoms with E-state index < -0.39 is 0 Å². The van der Waals surface area contributed by atoms with Gasteiger partial charge in [0.1, 0.15) is 29.3 Å². The highest BCUT2D eigenvalue weighted by Gasteiger charge is 2.25. The van der Waals surface area contributed by atoms with Crippen molar-refractivity contribution < 1.29 is 9.53 Å². The van der Waals surface area contributed by atoms with Gasteiger partial charge in [0.2, 0.25) is 5.91 Å². The number of fused-ring (bicyclic) bond motifs is 3. The zero-order chi connectivity index (χ0) is 28.1. The fourth-order valence-electron chi connectivity index (χ4n) is 4.78. The van der Waals surface area contributed by atoms with Crippen LogP contribution in [0.4, 0.5) is 11.5 Å². The Morgan fingerprint density at radius 3 is 2.88 bits per heavy atom. The highest BCUT2D eigenvalue weighted by molar-refractivity contribution is 7.19. The number of hydrogen-bond donors (Lipinski definition) is 1. The number of aromatic nitrogens is 3. The van der Waals surface area contributed by atoms with Crippen molar-refractivity contribution in [1.82, 2.24) is 24.8 Å². The zero-order valence-electron chi connectivity index (χ0n) is 22.9. The van der Waals surface area contributed by atoms with Crippen molar-refractivity contribution in [2.24, 2.45) is 0 Å². The number of likely N-dealkylation sites (N-methyl/N-ethyl adjacent to an activating group) is 1. The molecule has 3 aromatic heterocycles. The second-order valence-electron chi connectivity index (χ2n) is 9.88. The molecule has 0 spiro atoms. The summed E-state index contributed by atoms with van der Waals surface area (Å²) in [6.07, 6.45) is 7.74. The molecule has 0 bridgehead atoms. The molecule has 0 radical (unpaired) electrons. The van der Waals surface area contributed by atoms with Crippen molar-refractivity contribution in [1.29, 1.82) is 0 Å². The zero-order valence-corrected chi connectivity index (χ0v) is 24.5. The van der Waals surface area contributed by atoms with Crippen LogP contribution >= 0.6 is 22.9 Å². The molecule has 0 saturated carbocycles. The second kappa shape index (κ2) is 12.8. The second-order valence-corrected chi connectivity index (χ2v) is 11.4. The largest absolute Gasteiger partial charge is 0.486 e. The molecule has 208 valence electrons. The average molecular weight is 577 g/mol. The lowest BCUT2D eigenvalue weighted by Gasteiger charge is -2.26. The fourth-order valence-corrected chi connectivity index (χ4v) is 6.22. The third-order valence-corrected chi connectivity index (χ3v) is 8.40. The van der Waals surface area contributed by atoms with Gasteiger partial charge in [0.05, 0.1) is 22.6 Å². The smallest absolute Gasteiger partial charge is 0.246 e. The van der Waals surface area contributed by atoms with E-state index in [1.807, 2.05) is 47.4 Å². The monoisotopic (exact) mass is 576 g/mol. The number of nitrogens with zero attached hydrogens (tertiary/aromatic N) is 5. The van der Waals surface area contributed by atoms with E-state index >= 15 is 0 Å². The summed E-state index contributed by atoms with van der Waals surface area (Å²) in [5.74, 6) is 1.37. The summed E-state index contributed by atoms with van der Waals surface area (Å²) in [5, 5.41) is 4.92. The number of benzene rings is 1. The van der Waals surface area contributed by atoms with Crippen molar-refractivity contribution in [2.75, 3.05) is 25.0 Å². The maximum Gasteiger partial charge on any atom is 0.246 e. The first-order chi connectivity index (χ1) is 19.4. The molecule has 1 amide bonds. The summed E-state index contributed by atoms with van der Waals surface area (Å²) in [7, 11) is 0. The topological polar surface area (TPSA) is 83.5 Å². The van der Waals surface area contributed by atoms with Crippen LogP contribution < -0.4 is 10.1 Å². The van der Waals surface area contributed by atoms with Crippen molar-refractivity contribution in [3.05, 3.63) is 82.2 Å². The molecule has 0 aliphatic carbocycles. The van der Waals surface area contributed by atoms with Crippen LogP contribution in [-0.2, 0) is 24.4 Å². The van der Waals surface area contributed by atoms with Crippen molar-refractivity contribution in [3.8, 4) is 5.75 Å². The molecule has 0 saturated heterocycles. The SMILES string of the molecule is CCN(C/C=C/C(=O)N1CCc2c(sc3ncnc(Nc4ccc(OCc5ccccn5)c(Cl)c4)c23)C1)C(C)C. The molecule has 0 unspecified atom stereocenters. The van der Waals surface area contributed by atoms with E-state index in [4.69, 9.17) is 16.3 Å². The number of carbonyl (C=O) groups excluding carboxylic acids is 1. The van der Waals surface area contributed by atoms with Crippen LogP contribution in [0.15, 0.2) is 61.1 Å². The summed E-state index contributed by atoms with van der Waals surface area (Å²) < 4.78 is 5.86. The van der Waals surface area contributed by atoms with Crippen molar-refractivity contribution in [3.63, 3.8) is 0 Å². The predicted octanol–water partition coefficient (Wildman–Crippen LogP) is 6.23. The van der Waals surface area contributed by atoms with Gasteiger partial charge in [-0.15, -0.1) is 11.3 Å². The average Bonchev–Trinajstić information content (AvgIpc) is 3.34. The van der Waals surface area contributed by atoms with Crippen LogP contribution in [0.5, 0.6) is 5.75 Å². The third kappa shape index (κ3) is 6.43. The molecule has 5 rings (SSSR count). The van der Waals surface area contributed by atoms with Gasteiger partial charge in [-0.05, 0) is 62.7 Å². The summed E-state index contributed by atoms with van der Waals surface area (Å²) >= 11 is 8.16. The van der Waals surface area contributed by atoms with E-state index in [0.29, 0.717) is 36.5 Å². The number of pyridine rings is 1. The molecule has 1 aliphatic heterocycles. The van der Waals surface area contributed by atoms with E-state index in [0.717, 1.165) is 51.8 Å². The van der Waals surface area contributed by atoms with Crippen LogP contribution in [0.3, 0.4) is 0 Å². The number of nitrogens with one attached hydrogen (secondary N) is 1. The standard InChI is InChI=1S/C30H33ClN6O2S/c1-4-36(20(2)3)14-7-9-27(38)37-15-12-23-26(17-37)40-30-28(23)29(33-19-34-30)35-21-10-11-25(24(31)16-21)39-18-22-8-5-6-13-32-22/h5-11,13,16,19-20H,4,12,14-15,17-18H2,1-3H3,(H,33,34,35)/b9-7+. The van der Waals surface area contributed by atoms with Crippen LogP contribution in [-0.4, -0.2) is 56.3 Å². The quantitative estimate of drug-likeness (QED) is 0.224. The van der Waals surface area contributed by atoms with E-state index in [2.05, 4.69) is 45.9 Å². The van der Waals surface area contributed by atoms with Gasteiger partial charge in [-0.1, -0.05) is 30.7 Å². The van der Waals surface area contributed by atoms with Gasteiger partial charge in [0, 0.05) is 42.0 Å². The van der Waals surface area contributed by atoms with Crippen LogP contribution in [0, 0.1) is 0 Å². The summed E-state index contributed by atoms with van der Waals surface area (Å²) in [5.41, 5.74) is 2.84. The number of halogens is 1.